The van der Waals surface area contributed by atoms with E-state index in [1.165, 1.54) is 13.2 Å². The average molecular weight is 299 g/mol. The van der Waals surface area contributed by atoms with E-state index in [1.807, 2.05) is 0 Å². The Labute approximate surface area is 105 Å². The molecule has 0 spiro atoms. The topological polar surface area (TPSA) is 93.2 Å². The Morgan fingerprint density at radius 1 is 1.65 bits per heavy atom. The van der Waals surface area contributed by atoms with E-state index in [9.17, 15) is 14.9 Å². The van der Waals surface area contributed by atoms with Crippen LogP contribution in [0.4, 0.5) is 5.69 Å². The highest BCUT2D eigenvalue weighted by Gasteiger charge is 2.25. The quantitative estimate of drug-likeness (QED) is 0.367. The molecule has 0 aromatic heterocycles. The van der Waals surface area contributed by atoms with Gasteiger partial charge < -0.3 is 4.74 Å². The average Bonchev–Trinajstić information content (AvgIpc) is 2.35. The molecule has 1 rings (SSSR count). The minimum Gasteiger partial charge on any atom is -0.496 e. The zero-order valence-electron chi connectivity index (χ0n) is 8.77. The van der Waals surface area contributed by atoms with Crippen LogP contribution in [0, 0.1) is 21.4 Å². The second kappa shape index (κ2) is 5.41. The predicted molar refractivity (Wildman–Crippen MR) is 62.5 cm³/mol. The zero-order chi connectivity index (χ0) is 13.0. The summed E-state index contributed by atoms with van der Waals surface area (Å²) in [5.74, 6) is -0.352. The van der Waals surface area contributed by atoms with E-state index in [0.717, 1.165) is 6.07 Å². The number of carbonyl (C=O) groups excluding carboxylic acids is 1. The number of ether oxygens (including phenoxy) is 1. The summed E-state index contributed by atoms with van der Waals surface area (Å²) in [4.78, 5) is 21.7. The minimum absolute atomic E-state index is 0.0690. The first-order valence-corrected chi connectivity index (χ1v) is 5.53. The number of nitro benzene ring substituents is 1. The van der Waals surface area contributed by atoms with Crippen molar-refractivity contribution in [1.82, 2.24) is 0 Å². The van der Waals surface area contributed by atoms with Gasteiger partial charge in [-0.1, -0.05) is 15.9 Å². The fourth-order valence-electron chi connectivity index (χ4n) is 1.31. The molecule has 7 heteroatoms. The molecule has 1 aromatic carbocycles. The molecule has 0 radical (unpaired) electrons. The van der Waals surface area contributed by atoms with Crippen molar-refractivity contribution >= 4 is 27.4 Å². The number of methoxy groups -OCH3 is 1. The lowest BCUT2D eigenvalue weighted by molar-refractivity contribution is -0.385. The lowest BCUT2D eigenvalue weighted by atomic mass is 10.0. The number of Topliss-reactive ketones (excluding diaryl/α,β-unsaturated/α-hetero) is 1. The fourth-order valence-corrected chi connectivity index (χ4v) is 1.59. The summed E-state index contributed by atoms with van der Waals surface area (Å²) in [6.45, 7) is 0. The molecule has 0 fully saturated rings. The summed E-state index contributed by atoms with van der Waals surface area (Å²) in [7, 11) is 1.33. The summed E-state index contributed by atoms with van der Waals surface area (Å²) in [6, 6.07) is 4.17. The first-order valence-electron chi connectivity index (χ1n) is 4.40. The number of carbonyl (C=O) groups is 1. The van der Waals surface area contributed by atoms with Gasteiger partial charge in [-0.05, 0) is 6.07 Å². The number of halogens is 1. The molecule has 0 aliphatic carbocycles. The van der Waals surface area contributed by atoms with Gasteiger partial charge in [0.1, 0.15) is 17.4 Å². The van der Waals surface area contributed by atoms with Crippen LogP contribution < -0.4 is 4.74 Å². The van der Waals surface area contributed by atoms with Crippen molar-refractivity contribution in [3.8, 4) is 11.8 Å². The number of nitro groups is 1. The molecule has 88 valence electrons. The standard InChI is InChI=1S/C10H7BrN2O4/c1-17-7-2-6(5-12)10(9(14)4-11)8(3-7)13(15)16/h2-3H,4H2,1H3. The van der Waals surface area contributed by atoms with Crippen molar-refractivity contribution in [2.75, 3.05) is 12.4 Å². The van der Waals surface area contributed by atoms with Gasteiger partial charge in [0, 0.05) is 0 Å². The van der Waals surface area contributed by atoms with Crippen molar-refractivity contribution in [3.05, 3.63) is 33.4 Å². The van der Waals surface area contributed by atoms with Crippen LogP contribution in [0.15, 0.2) is 12.1 Å². The molecular weight excluding hydrogens is 292 g/mol. The van der Waals surface area contributed by atoms with Gasteiger partial charge in [0.25, 0.3) is 5.69 Å². The maximum absolute atomic E-state index is 11.6. The number of ketones is 1. The van der Waals surface area contributed by atoms with Gasteiger partial charge in [-0.2, -0.15) is 5.26 Å². The molecule has 0 saturated heterocycles. The van der Waals surface area contributed by atoms with E-state index in [2.05, 4.69) is 15.9 Å². The maximum atomic E-state index is 11.6. The van der Waals surface area contributed by atoms with Crippen LogP contribution in [0.25, 0.3) is 0 Å². The van der Waals surface area contributed by atoms with Gasteiger partial charge in [0.15, 0.2) is 5.78 Å². The lowest BCUT2D eigenvalue weighted by Gasteiger charge is -2.05. The highest BCUT2D eigenvalue weighted by Crippen LogP contribution is 2.29. The van der Waals surface area contributed by atoms with Crippen LogP contribution in [-0.2, 0) is 0 Å². The maximum Gasteiger partial charge on any atom is 0.285 e. The Morgan fingerprint density at radius 3 is 2.71 bits per heavy atom. The number of alkyl halides is 1. The summed E-state index contributed by atoms with van der Waals surface area (Å²) >= 11 is 2.92. The molecule has 0 N–H and O–H groups in total. The fraction of sp³-hybridized carbons (Fsp3) is 0.200. The summed E-state index contributed by atoms with van der Waals surface area (Å²) < 4.78 is 4.84. The molecule has 0 atom stereocenters. The number of hydrogen-bond acceptors (Lipinski definition) is 5. The van der Waals surface area contributed by atoms with Crippen LogP contribution in [-0.4, -0.2) is 23.1 Å². The Bertz CT molecular complexity index is 522. The number of rotatable bonds is 4. The number of nitriles is 1. The third kappa shape index (κ3) is 2.60. The van der Waals surface area contributed by atoms with E-state index in [-0.39, 0.29) is 22.2 Å². The molecule has 6 nitrogen and oxygen atoms in total. The van der Waals surface area contributed by atoms with Gasteiger partial charge in [-0.15, -0.1) is 0 Å². The van der Waals surface area contributed by atoms with Crippen LogP contribution in [0.1, 0.15) is 15.9 Å². The second-order valence-electron chi connectivity index (χ2n) is 2.99. The molecule has 0 saturated carbocycles. The highest BCUT2D eigenvalue weighted by atomic mass is 79.9. The predicted octanol–water partition coefficient (Wildman–Crippen LogP) is 2.05. The Hall–Kier alpha value is -1.94. The second-order valence-corrected chi connectivity index (χ2v) is 3.56. The molecule has 0 aliphatic heterocycles. The normalized spacial score (nSPS) is 9.47. The number of hydrogen-bond donors (Lipinski definition) is 0. The van der Waals surface area contributed by atoms with Crippen molar-refractivity contribution < 1.29 is 14.5 Å². The molecule has 0 heterocycles. The third-order valence-corrected chi connectivity index (χ3v) is 2.55. The first-order chi connectivity index (χ1) is 8.04. The summed E-state index contributed by atoms with van der Waals surface area (Å²) in [6.07, 6.45) is 0. The Balaban J connectivity index is 3.59. The molecular formula is C10H7BrN2O4. The molecule has 0 aliphatic rings. The van der Waals surface area contributed by atoms with Crippen molar-refractivity contribution in [3.63, 3.8) is 0 Å². The van der Waals surface area contributed by atoms with Gasteiger partial charge in [-0.3, -0.25) is 14.9 Å². The summed E-state index contributed by atoms with van der Waals surface area (Å²) in [5.41, 5.74) is -0.693. The van der Waals surface area contributed by atoms with E-state index < -0.39 is 16.4 Å². The Kier molecular flexibility index (Phi) is 4.17. The van der Waals surface area contributed by atoms with Crippen molar-refractivity contribution in [2.45, 2.75) is 0 Å². The van der Waals surface area contributed by atoms with Gasteiger partial charge in [0.05, 0.1) is 29.0 Å². The van der Waals surface area contributed by atoms with E-state index in [4.69, 9.17) is 10.00 Å². The van der Waals surface area contributed by atoms with Crippen molar-refractivity contribution in [1.29, 1.82) is 5.26 Å². The Morgan fingerprint density at radius 2 is 2.29 bits per heavy atom. The molecule has 1 aromatic rings. The van der Waals surface area contributed by atoms with E-state index in [0.29, 0.717) is 0 Å². The smallest absolute Gasteiger partial charge is 0.285 e. The molecule has 0 amide bonds. The number of nitrogens with zero attached hydrogens (tertiary/aromatic N) is 2. The van der Waals surface area contributed by atoms with Crippen LogP contribution in [0.5, 0.6) is 5.75 Å². The van der Waals surface area contributed by atoms with Gasteiger partial charge >= 0.3 is 0 Å². The summed E-state index contributed by atoms with van der Waals surface area (Å²) in [5, 5.41) is 19.7. The van der Waals surface area contributed by atoms with Crippen LogP contribution in [0.2, 0.25) is 0 Å². The molecule has 17 heavy (non-hydrogen) atoms. The highest BCUT2D eigenvalue weighted by molar-refractivity contribution is 9.09. The monoisotopic (exact) mass is 298 g/mol. The lowest BCUT2D eigenvalue weighted by Crippen LogP contribution is -2.08. The zero-order valence-corrected chi connectivity index (χ0v) is 10.4. The van der Waals surface area contributed by atoms with Gasteiger partial charge in [0.2, 0.25) is 0 Å². The van der Waals surface area contributed by atoms with Crippen LogP contribution >= 0.6 is 15.9 Å². The van der Waals surface area contributed by atoms with E-state index >= 15 is 0 Å². The SMILES string of the molecule is COc1cc(C#N)c(C(=O)CBr)c([N+](=O)[O-])c1. The van der Waals surface area contributed by atoms with Gasteiger partial charge in [-0.25, -0.2) is 0 Å². The first kappa shape index (κ1) is 13.1. The number of benzene rings is 1. The van der Waals surface area contributed by atoms with E-state index in [1.54, 1.807) is 6.07 Å². The molecule has 0 unspecified atom stereocenters. The third-order valence-electron chi connectivity index (χ3n) is 2.04. The minimum atomic E-state index is -0.709. The van der Waals surface area contributed by atoms with Crippen LogP contribution in [0.3, 0.4) is 0 Å². The largest absolute Gasteiger partial charge is 0.496 e. The molecule has 0 bridgehead atoms. The van der Waals surface area contributed by atoms with Crippen molar-refractivity contribution in [2.24, 2.45) is 0 Å².